The second-order valence-corrected chi connectivity index (χ2v) is 16.4. The van der Waals surface area contributed by atoms with Crippen LogP contribution in [0.2, 0.25) is 0 Å². The second-order valence-electron chi connectivity index (χ2n) is 15.4. The number of thioether (sulfide) groups is 1. The van der Waals surface area contributed by atoms with Gasteiger partial charge in [-0.25, -0.2) is 0 Å². The van der Waals surface area contributed by atoms with Crippen LogP contribution in [-0.2, 0) is 47.9 Å². The van der Waals surface area contributed by atoms with Crippen LogP contribution in [0.5, 0.6) is 11.5 Å². The lowest BCUT2D eigenvalue weighted by atomic mass is 10.0. The number of carboxylic acids is 2. The van der Waals surface area contributed by atoms with Gasteiger partial charge in [-0.15, -0.1) is 0 Å². The standard InChI is InChI=1S/C41H64N14O14S/c1-70-19-16-27(55-38(68)26(10-15-33(62)63)54-36(66)24(9-14-32(60)61)50-31(59)13-7-21-6-11-28(56)29(57)20-21)39(69)53-25(8-12-30(42)58)37(67)52-23(5-3-18-49-41(46)47)35(65)51-22(34(43)64)4-2-17-48-40(44)45/h6-7,11,13,20,22-27,56-57H,2-5,8-10,12,14-19H2,1H3,(H2,42,58)(H2,43,64)(H,50,59)(H,51,65)(H,52,67)(H,53,69)(H,54,66)(H,55,68)(H,60,61)(H,62,63)(H4,44,45,48)(H4,46,47,49)/b13-7+/t22-,23-,24-,25-,26-,27-/m0/s1. The highest BCUT2D eigenvalue weighted by molar-refractivity contribution is 7.98. The molecule has 388 valence electrons. The molecule has 0 heterocycles. The minimum Gasteiger partial charge on any atom is -0.504 e. The molecule has 6 atom stereocenters. The Bertz CT molecular complexity index is 2100. The largest absolute Gasteiger partial charge is 0.504 e. The van der Waals surface area contributed by atoms with Crippen LogP contribution in [0.15, 0.2) is 34.3 Å². The van der Waals surface area contributed by atoms with Crippen LogP contribution < -0.4 is 66.3 Å². The molecule has 70 heavy (non-hydrogen) atoms. The molecule has 22 N–H and O–H groups in total. The van der Waals surface area contributed by atoms with E-state index in [1.165, 1.54) is 23.9 Å². The van der Waals surface area contributed by atoms with E-state index in [9.17, 15) is 68.4 Å². The Kier molecular flexibility index (Phi) is 27.5. The molecule has 0 bridgehead atoms. The summed E-state index contributed by atoms with van der Waals surface area (Å²) >= 11 is 1.25. The first-order valence-electron chi connectivity index (χ1n) is 21.6. The number of rotatable bonds is 34. The SMILES string of the molecule is CSCC[C@H](NC(=O)[C@H](CCC(=O)O)NC(=O)[C@H](CCC(=O)O)NC(=O)/C=C/c1ccc(O)c(O)c1)C(=O)N[C@@H](CCC(N)=O)C(=O)N[C@@H](CCCN=C(N)N)C(=O)N[C@@H](CCCN=C(N)N)C(N)=O. The molecule has 1 aromatic rings. The molecular weight excluding hydrogens is 945 g/mol. The van der Waals surface area contributed by atoms with Gasteiger partial charge in [0.1, 0.15) is 36.3 Å². The molecule has 29 heteroatoms. The number of aliphatic carboxylic acids is 2. The number of amides is 8. The smallest absolute Gasteiger partial charge is 0.303 e. The number of nitrogens with zero attached hydrogens (tertiary/aromatic N) is 2. The molecule has 0 spiro atoms. The number of benzene rings is 1. The predicted octanol–water partition coefficient (Wildman–Crippen LogP) is -4.64. The maximum atomic E-state index is 14.0. The van der Waals surface area contributed by atoms with E-state index in [-0.39, 0.29) is 68.4 Å². The van der Waals surface area contributed by atoms with Gasteiger partial charge >= 0.3 is 11.9 Å². The summed E-state index contributed by atoms with van der Waals surface area (Å²) in [6, 6.07) is -5.39. The van der Waals surface area contributed by atoms with E-state index < -0.39 is 145 Å². The normalized spacial score (nSPS) is 13.4. The van der Waals surface area contributed by atoms with Gasteiger partial charge in [0.25, 0.3) is 0 Å². The van der Waals surface area contributed by atoms with Gasteiger partial charge in [0, 0.05) is 38.4 Å². The molecule has 0 aromatic heterocycles. The van der Waals surface area contributed by atoms with Crippen LogP contribution in [0.25, 0.3) is 6.08 Å². The molecule has 0 unspecified atom stereocenters. The number of carbonyl (C=O) groups is 10. The zero-order chi connectivity index (χ0) is 52.9. The first-order valence-corrected chi connectivity index (χ1v) is 23.0. The molecule has 0 aliphatic carbocycles. The maximum Gasteiger partial charge on any atom is 0.303 e. The van der Waals surface area contributed by atoms with Crippen LogP contribution in [0.4, 0.5) is 0 Å². The monoisotopic (exact) mass is 1010 g/mol. The lowest BCUT2D eigenvalue weighted by molar-refractivity contribution is -0.140. The Balaban J connectivity index is 3.46. The van der Waals surface area contributed by atoms with E-state index in [1.807, 2.05) is 0 Å². The van der Waals surface area contributed by atoms with Crippen molar-refractivity contribution in [3.05, 3.63) is 29.8 Å². The molecule has 0 fully saturated rings. The van der Waals surface area contributed by atoms with E-state index in [0.29, 0.717) is 0 Å². The number of phenolic OH excluding ortho intramolecular Hbond substituents is 2. The summed E-state index contributed by atoms with van der Waals surface area (Å²) in [6.45, 7) is 0.111. The Hall–Kier alpha value is -7.85. The summed E-state index contributed by atoms with van der Waals surface area (Å²) in [4.78, 5) is 137. The Morgan fingerprint density at radius 2 is 0.957 bits per heavy atom. The highest BCUT2D eigenvalue weighted by atomic mass is 32.2. The second kappa shape index (κ2) is 32.0. The van der Waals surface area contributed by atoms with Gasteiger partial charge in [-0.2, -0.15) is 11.8 Å². The molecule has 0 aliphatic rings. The molecule has 0 saturated carbocycles. The molecule has 0 radical (unpaired) electrons. The summed E-state index contributed by atoms with van der Waals surface area (Å²) < 4.78 is 0. The van der Waals surface area contributed by atoms with Crippen molar-refractivity contribution >= 4 is 89.0 Å². The number of guanidine groups is 2. The Morgan fingerprint density at radius 1 is 0.557 bits per heavy atom. The van der Waals surface area contributed by atoms with Gasteiger partial charge in [0.05, 0.1) is 0 Å². The van der Waals surface area contributed by atoms with Crippen molar-refractivity contribution in [3.8, 4) is 11.5 Å². The fourth-order valence-electron chi connectivity index (χ4n) is 6.09. The lowest BCUT2D eigenvalue weighted by Crippen LogP contribution is -2.59. The van der Waals surface area contributed by atoms with Crippen molar-refractivity contribution in [2.24, 2.45) is 44.4 Å². The molecule has 0 aliphatic heterocycles. The maximum absolute atomic E-state index is 14.0. The number of phenols is 2. The lowest BCUT2D eigenvalue weighted by Gasteiger charge is -2.27. The van der Waals surface area contributed by atoms with Crippen LogP contribution >= 0.6 is 11.8 Å². The topological polar surface area (TPSA) is 505 Å². The quantitative estimate of drug-likeness (QED) is 0.0101. The minimum atomic E-state index is -1.70. The van der Waals surface area contributed by atoms with Gasteiger partial charge in [0.2, 0.25) is 47.3 Å². The van der Waals surface area contributed by atoms with Crippen molar-refractivity contribution in [2.45, 2.75) is 107 Å². The number of carboxylic acid groups (broad SMARTS) is 2. The van der Waals surface area contributed by atoms with Crippen molar-refractivity contribution in [3.63, 3.8) is 0 Å². The van der Waals surface area contributed by atoms with E-state index >= 15 is 0 Å². The number of hydrogen-bond acceptors (Lipinski definition) is 15. The van der Waals surface area contributed by atoms with Crippen molar-refractivity contribution < 1.29 is 68.4 Å². The minimum absolute atomic E-state index is 0.00359. The zero-order valence-electron chi connectivity index (χ0n) is 38.4. The van der Waals surface area contributed by atoms with Crippen LogP contribution in [0.1, 0.15) is 76.2 Å². The van der Waals surface area contributed by atoms with Crippen LogP contribution in [-0.4, -0.2) is 153 Å². The average Bonchev–Trinajstić information content (AvgIpc) is 3.27. The fourth-order valence-corrected chi connectivity index (χ4v) is 6.56. The molecule has 28 nitrogen and oxygen atoms in total. The number of nitrogens with one attached hydrogen (secondary N) is 6. The van der Waals surface area contributed by atoms with Crippen molar-refractivity contribution in [1.82, 2.24) is 31.9 Å². The Morgan fingerprint density at radius 3 is 1.36 bits per heavy atom. The predicted molar refractivity (Wildman–Crippen MR) is 255 cm³/mol. The highest BCUT2D eigenvalue weighted by Gasteiger charge is 2.33. The zero-order valence-corrected chi connectivity index (χ0v) is 39.2. The summed E-state index contributed by atoms with van der Waals surface area (Å²) in [7, 11) is 0. The third-order valence-electron chi connectivity index (χ3n) is 9.73. The van der Waals surface area contributed by atoms with Gasteiger partial charge < -0.3 is 86.7 Å². The van der Waals surface area contributed by atoms with Gasteiger partial charge in [-0.3, -0.25) is 57.9 Å². The van der Waals surface area contributed by atoms with Gasteiger partial charge in [0.15, 0.2) is 23.4 Å². The summed E-state index contributed by atoms with van der Waals surface area (Å²) in [5.74, 6) is -11.7. The third-order valence-corrected chi connectivity index (χ3v) is 10.4. The molecular formula is C41H64N14O14S. The van der Waals surface area contributed by atoms with Crippen LogP contribution in [0, 0.1) is 0 Å². The number of carbonyl (C=O) groups excluding carboxylic acids is 8. The van der Waals surface area contributed by atoms with Crippen molar-refractivity contribution in [1.29, 1.82) is 0 Å². The molecule has 1 rings (SSSR count). The summed E-state index contributed by atoms with van der Waals surface area (Å²) in [6.07, 6.45) is 0.670. The van der Waals surface area contributed by atoms with E-state index in [0.717, 1.165) is 18.2 Å². The van der Waals surface area contributed by atoms with E-state index in [1.54, 1.807) is 6.26 Å². The first-order chi connectivity index (χ1) is 32.9. The highest BCUT2D eigenvalue weighted by Crippen LogP contribution is 2.25. The van der Waals surface area contributed by atoms with E-state index in [4.69, 9.17) is 34.4 Å². The summed E-state index contributed by atoms with van der Waals surface area (Å²) in [5.41, 5.74) is 32.6. The van der Waals surface area contributed by atoms with Crippen LogP contribution in [0.3, 0.4) is 0 Å². The van der Waals surface area contributed by atoms with Gasteiger partial charge in [-0.05, 0) is 87.1 Å². The number of nitrogens with two attached hydrogens (primary N) is 6. The molecule has 1 aromatic carbocycles. The number of primary amides is 2. The average molecular weight is 1010 g/mol. The van der Waals surface area contributed by atoms with Crippen molar-refractivity contribution in [2.75, 3.05) is 25.1 Å². The Labute approximate surface area is 406 Å². The van der Waals surface area contributed by atoms with E-state index in [2.05, 4.69) is 41.9 Å². The third kappa shape index (κ3) is 25.3. The fraction of sp³-hybridized carbons (Fsp3) is 0.512. The van der Waals surface area contributed by atoms with Gasteiger partial charge in [-0.1, -0.05) is 6.07 Å². The number of hydrogen-bond donors (Lipinski definition) is 16. The number of aliphatic imine (C=N–C) groups is 2. The summed E-state index contributed by atoms with van der Waals surface area (Å²) in [5, 5.41) is 52.5. The number of aromatic hydroxyl groups is 2. The molecule has 0 saturated heterocycles. The molecule has 8 amide bonds. The first kappa shape index (κ1) is 60.2.